The van der Waals surface area contributed by atoms with Crippen LogP contribution in [0.25, 0.3) is 22.2 Å². The zero-order valence-electron chi connectivity index (χ0n) is 16.4. The number of aryl methyl sites for hydroxylation is 1. The maximum absolute atomic E-state index is 12.8. The van der Waals surface area contributed by atoms with Crippen LogP contribution in [0.5, 0.6) is 5.75 Å². The highest BCUT2D eigenvalue weighted by atomic mass is 16.5. The van der Waals surface area contributed by atoms with Gasteiger partial charge in [-0.25, -0.2) is 0 Å². The van der Waals surface area contributed by atoms with E-state index in [2.05, 4.69) is 21.5 Å². The lowest BCUT2D eigenvalue weighted by Crippen LogP contribution is -2.26. The molecule has 6 heteroatoms. The highest BCUT2D eigenvalue weighted by Crippen LogP contribution is 2.30. The van der Waals surface area contributed by atoms with Crippen LogP contribution in [0, 0.1) is 0 Å². The SMILES string of the molecule is COc1ccccc1-c1nn(C)cc1C(=O)NCCc1ccc2ccccc2n1. The summed E-state index contributed by atoms with van der Waals surface area (Å²) < 4.78 is 7.07. The molecule has 4 rings (SSSR count). The molecule has 0 aliphatic heterocycles. The van der Waals surface area contributed by atoms with Gasteiger partial charge in [-0.1, -0.05) is 36.4 Å². The molecule has 0 radical (unpaired) electrons. The predicted molar refractivity (Wildman–Crippen MR) is 113 cm³/mol. The summed E-state index contributed by atoms with van der Waals surface area (Å²) in [4.78, 5) is 17.5. The number of hydrogen-bond acceptors (Lipinski definition) is 4. The summed E-state index contributed by atoms with van der Waals surface area (Å²) in [5.74, 6) is 0.514. The zero-order chi connectivity index (χ0) is 20.2. The summed E-state index contributed by atoms with van der Waals surface area (Å²) >= 11 is 0. The number of nitrogens with one attached hydrogen (secondary N) is 1. The van der Waals surface area contributed by atoms with Crippen molar-refractivity contribution in [1.29, 1.82) is 0 Å². The number of ether oxygens (including phenoxy) is 1. The molecule has 0 bridgehead atoms. The van der Waals surface area contributed by atoms with Crippen molar-refractivity contribution in [2.75, 3.05) is 13.7 Å². The summed E-state index contributed by atoms with van der Waals surface area (Å²) in [5, 5.41) is 8.57. The Balaban J connectivity index is 1.49. The number of amides is 1. The molecule has 2 heterocycles. The highest BCUT2D eigenvalue weighted by molar-refractivity contribution is 6.00. The number of aromatic nitrogens is 3. The Kier molecular flexibility index (Phi) is 5.24. The van der Waals surface area contributed by atoms with Gasteiger partial charge in [0.05, 0.1) is 18.2 Å². The van der Waals surface area contributed by atoms with Crippen molar-refractivity contribution in [3.63, 3.8) is 0 Å². The Morgan fingerprint density at radius 1 is 1.07 bits per heavy atom. The third kappa shape index (κ3) is 3.96. The summed E-state index contributed by atoms with van der Waals surface area (Å²) in [6.45, 7) is 0.491. The second-order valence-corrected chi connectivity index (χ2v) is 6.77. The molecule has 29 heavy (non-hydrogen) atoms. The molecule has 2 aromatic heterocycles. The van der Waals surface area contributed by atoms with Crippen LogP contribution in [-0.2, 0) is 13.5 Å². The van der Waals surface area contributed by atoms with E-state index >= 15 is 0 Å². The Labute approximate surface area is 169 Å². The van der Waals surface area contributed by atoms with Crippen molar-refractivity contribution < 1.29 is 9.53 Å². The van der Waals surface area contributed by atoms with Crippen LogP contribution in [0.1, 0.15) is 16.1 Å². The van der Waals surface area contributed by atoms with Crippen molar-refractivity contribution in [2.24, 2.45) is 7.05 Å². The predicted octanol–water partition coefficient (Wildman–Crippen LogP) is 3.62. The van der Waals surface area contributed by atoms with Gasteiger partial charge in [-0.05, 0) is 24.3 Å². The van der Waals surface area contributed by atoms with Crippen LogP contribution in [0.3, 0.4) is 0 Å². The normalized spacial score (nSPS) is 10.8. The number of pyridine rings is 1. The molecule has 1 amide bonds. The van der Waals surface area contributed by atoms with Crippen molar-refractivity contribution in [1.82, 2.24) is 20.1 Å². The maximum Gasteiger partial charge on any atom is 0.255 e. The van der Waals surface area contributed by atoms with Crippen LogP contribution in [-0.4, -0.2) is 34.3 Å². The first-order valence-electron chi connectivity index (χ1n) is 9.45. The van der Waals surface area contributed by atoms with Crippen LogP contribution < -0.4 is 10.1 Å². The van der Waals surface area contributed by atoms with Crippen molar-refractivity contribution >= 4 is 16.8 Å². The largest absolute Gasteiger partial charge is 0.496 e. The van der Waals surface area contributed by atoms with Gasteiger partial charge in [0.15, 0.2) is 0 Å². The van der Waals surface area contributed by atoms with Gasteiger partial charge < -0.3 is 10.1 Å². The molecule has 0 unspecified atom stereocenters. The van der Waals surface area contributed by atoms with Crippen molar-refractivity contribution in [3.05, 3.63) is 78.1 Å². The van der Waals surface area contributed by atoms with Gasteiger partial charge in [0, 0.05) is 42.9 Å². The van der Waals surface area contributed by atoms with Crippen molar-refractivity contribution in [3.8, 4) is 17.0 Å². The number of carbonyl (C=O) groups is 1. The average Bonchev–Trinajstić information content (AvgIpc) is 3.15. The fraction of sp³-hybridized carbons (Fsp3) is 0.174. The number of nitrogens with zero attached hydrogens (tertiary/aromatic N) is 3. The van der Waals surface area contributed by atoms with Gasteiger partial charge in [0.25, 0.3) is 5.91 Å². The van der Waals surface area contributed by atoms with Gasteiger partial charge in [-0.3, -0.25) is 14.5 Å². The van der Waals surface area contributed by atoms with Gasteiger partial charge in [-0.2, -0.15) is 5.10 Å². The van der Waals surface area contributed by atoms with E-state index in [1.54, 1.807) is 25.0 Å². The van der Waals surface area contributed by atoms with E-state index in [1.807, 2.05) is 54.6 Å². The molecule has 0 atom stereocenters. The second kappa shape index (κ2) is 8.14. The van der Waals surface area contributed by atoms with Crippen LogP contribution >= 0.6 is 0 Å². The lowest BCUT2D eigenvalue weighted by Gasteiger charge is -2.09. The van der Waals surface area contributed by atoms with Crippen LogP contribution in [0.15, 0.2) is 66.9 Å². The average molecular weight is 386 g/mol. The second-order valence-electron chi connectivity index (χ2n) is 6.77. The Morgan fingerprint density at radius 2 is 1.86 bits per heavy atom. The number of methoxy groups -OCH3 is 1. The van der Waals surface area contributed by atoms with E-state index in [9.17, 15) is 4.79 Å². The third-order valence-corrected chi connectivity index (χ3v) is 4.76. The molecule has 0 saturated heterocycles. The third-order valence-electron chi connectivity index (χ3n) is 4.76. The monoisotopic (exact) mass is 386 g/mol. The number of fused-ring (bicyclic) bond motifs is 1. The fourth-order valence-electron chi connectivity index (χ4n) is 3.34. The van der Waals surface area contributed by atoms with Gasteiger partial charge in [0.1, 0.15) is 11.4 Å². The highest BCUT2D eigenvalue weighted by Gasteiger charge is 2.19. The summed E-state index contributed by atoms with van der Waals surface area (Å²) in [6.07, 6.45) is 2.38. The lowest BCUT2D eigenvalue weighted by molar-refractivity contribution is 0.0954. The van der Waals surface area contributed by atoms with Crippen LogP contribution in [0.4, 0.5) is 0 Å². The van der Waals surface area contributed by atoms with Gasteiger partial charge in [0.2, 0.25) is 0 Å². The minimum atomic E-state index is -0.167. The molecule has 0 spiro atoms. The zero-order valence-corrected chi connectivity index (χ0v) is 16.4. The van der Waals surface area contributed by atoms with E-state index < -0.39 is 0 Å². The first kappa shape index (κ1) is 18.7. The molecule has 0 saturated carbocycles. The first-order chi connectivity index (χ1) is 14.2. The Bertz CT molecular complexity index is 1170. The van der Waals surface area contributed by atoms with E-state index in [0.29, 0.717) is 30.0 Å². The molecule has 0 aliphatic carbocycles. The number of rotatable bonds is 6. The van der Waals surface area contributed by atoms with E-state index in [-0.39, 0.29) is 5.91 Å². The van der Waals surface area contributed by atoms with Crippen LogP contribution in [0.2, 0.25) is 0 Å². The van der Waals surface area contributed by atoms with E-state index in [0.717, 1.165) is 22.2 Å². The van der Waals surface area contributed by atoms with Gasteiger partial charge >= 0.3 is 0 Å². The fourth-order valence-corrected chi connectivity index (χ4v) is 3.34. The van der Waals surface area contributed by atoms with E-state index in [4.69, 9.17) is 4.74 Å². The molecule has 2 aromatic carbocycles. The Morgan fingerprint density at radius 3 is 2.72 bits per heavy atom. The molecule has 0 fully saturated rings. The number of hydrogen-bond donors (Lipinski definition) is 1. The standard InChI is InChI=1S/C23H22N4O2/c1-27-15-19(22(26-27)18-8-4-6-10-21(18)29-2)23(28)24-14-13-17-12-11-16-7-3-5-9-20(16)25-17/h3-12,15H,13-14H2,1-2H3,(H,24,28). The lowest BCUT2D eigenvalue weighted by atomic mass is 10.1. The summed E-state index contributed by atoms with van der Waals surface area (Å²) in [5.41, 5.74) is 3.81. The number of para-hydroxylation sites is 2. The minimum absolute atomic E-state index is 0.167. The number of carbonyl (C=O) groups excluding carboxylic acids is 1. The number of benzene rings is 2. The molecular formula is C23H22N4O2. The van der Waals surface area contributed by atoms with E-state index in [1.165, 1.54) is 0 Å². The summed E-state index contributed by atoms with van der Waals surface area (Å²) in [6, 6.07) is 19.6. The maximum atomic E-state index is 12.8. The first-order valence-corrected chi connectivity index (χ1v) is 9.45. The molecule has 4 aromatic rings. The molecule has 0 aliphatic rings. The topological polar surface area (TPSA) is 69.0 Å². The Hall–Kier alpha value is -3.67. The van der Waals surface area contributed by atoms with Gasteiger partial charge in [-0.15, -0.1) is 0 Å². The molecule has 6 nitrogen and oxygen atoms in total. The molecular weight excluding hydrogens is 364 g/mol. The summed E-state index contributed by atoms with van der Waals surface area (Å²) in [7, 11) is 3.41. The quantitative estimate of drug-likeness (QED) is 0.550. The molecule has 1 N–H and O–H groups in total. The minimum Gasteiger partial charge on any atom is -0.496 e. The van der Waals surface area contributed by atoms with Crippen molar-refractivity contribution in [2.45, 2.75) is 6.42 Å². The smallest absolute Gasteiger partial charge is 0.255 e. The molecule has 146 valence electrons.